The number of nitrogens with one attached hydrogen (secondary N) is 1. The van der Waals surface area contributed by atoms with Crippen molar-refractivity contribution < 1.29 is 0 Å². The van der Waals surface area contributed by atoms with Gasteiger partial charge in [-0.1, -0.05) is 40.5 Å². The van der Waals surface area contributed by atoms with Gasteiger partial charge in [0.05, 0.1) is 21.9 Å². The van der Waals surface area contributed by atoms with E-state index in [-0.39, 0.29) is 6.04 Å². The second kappa shape index (κ2) is 7.05. The molecule has 0 fully saturated rings. The number of nitrogens with two attached hydrogens (primary N) is 1. The van der Waals surface area contributed by atoms with Crippen LogP contribution in [0.5, 0.6) is 0 Å². The van der Waals surface area contributed by atoms with Gasteiger partial charge in [-0.15, -0.1) is 0 Å². The normalized spacial score (nSPS) is 12.7. The zero-order valence-corrected chi connectivity index (χ0v) is 15.6. The third kappa shape index (κ3) is 3.56. The molecule has 1 aromatic heterocycles. The number of hydrogen-bond acceptors (Lipinski definition) is 3. The lowest BCUT2D eigenvalue weighted by Gasteiger charge is -2.19. The third-order valence-electron chi connectivity index (χ3n) is 3.63. The van der Waals surface area contributed by atoms with Crippen LogP contribution in [0.3, 0.4) is 0 Å². The fourth-order valence-corrected chi connectivity index (χ4v) is 3.72. The topological polar surface area (TPSA) is 55.9 Å². The Hall–Kier alpha value is -0.690. The van der Waals surface area contributed by atoms with Gasteiger partial charge in [0.25, 0.3) is 0 Å². The summed E-state index contributed by atoms with van der Waals surface area (Å²) in [5.41, 5.74) is 7.51. The number of halogens is 2. The van der Waals surface area contributed by atoms with E-state index in [0.29, 0.717) is 0 Å². The molecular formula is C15H20Br2N4. The summed E-state index contributed by atoms with van der Waals surface area (Å²) < 4.78 is 4.07. The third-order valence-corrected chi connectivity index (χ3v) is 5.27. The lowest BCUT2D eigenvalue weighted by Crippen LogP contribution is -2.30. The van der Waals surface area contributed by atoms with Gasteiger partial charge in [0.15, 0.2) is 0 Å². The zero-order chi connectivity index (χ0) is 15.6. The van der Waals surface area contributed by atoms with Gasteiger partial charge in [-0.05, 0) is 40.9 Å². The van der Waals surface area contributed by atoms with E-state index < -0.39 is 0 Å². The summed E-state index contributed by atoms with van der Waals surface area (Å²) in [6.45, 7) is 4.19. The molecule has 0 saturated heterocycles. The quantitative estimate of drug-likeness (QED) is 0.579. The fraction of sp³-hybridized carbons (Fsp3) is 0.400. The van der Waals surface area contributed by atoms with E-state index >= 15 is 0 Å². The molecule has 4 nitrogen and oxygen atoms in total. The fourth-order valence-electron chi connectivity index (χ4n) is 2.42. The van der Waals surface area contributed by atoms with Gasteiger partial charge in [0, 0.05) is 17.9 Å². The lowest BCUT2D eigenvalue weighted by molar-refractivity contribution is 0.527. The summed E-state index contributed by atoms with van der Waals surface area (Å²) in [4.78, 5) is 0. The van der Waals surface area contributed by atoms with Crippen LogP contribution >= 0.6 is 31.9 Å². The van der Waals surface area contributed by atoms with Gasteiger partial charge >= 0.3 is 0 Å². The predicted molar refractivity (Wildman–Crippen MR) is 92.9 cm³/mol. The molecule has 0 bridgehead atoms. The maximum atomic E-state index is 5.80. The average molecular weight is 416 g/mol. The highest BCUT2D eigenvalue weighted by Crippen LogP contribution is 2.30. The van der Waals surface area contributed by atoms with Gasteiger partial charge < -0.3 is 0 Å². The molecule has 1 aromatic carbocycles. The van der Waals surface area contributed by atoms with Gasteiger partial charge in [0.2, 0.25) is 0 Å². The zero-order valence-electron chi connectivity index (χ0n) is 12.5. The molecule has 3 N–H and O–H groups in total. The average Bonchev–Trinajstić information content (AvgIpc) is 2.74. The molecule has 2 aromatic rings. The number of aromatic nitrogens is 2. The van der Waals surface area contributed by atoms with Crippen molar-refractivity contribution in [3.63, 3.8) is 0 Å². The molecule has 0 radical (unpaired) electrons. The van der Waals surface area contributed by atoms with Gasteiger partial charge in [0.1, 0.15) is 0 Å². The van der Waals surface area contributed by atoms with Crippen LogP contribution in [0.25, 0.3) is 0 Å². The Morgan fingerprint density at radius 3 is 2.67 bits per heavy atom. The van der Waals surface area contributed by atoms with Crippen molar-refractivity contribution >= 4 is 31.9 Å². The highest BCUT2D eigenvalue weighted by Gasteiger charge is 2.20. The van der Waals surface area contributed by atoms with E-state index in [4.69, 9.17) is 5.84 Å². The summed E-state index contributed by atoms with van der Waals surface area (Å²) in [5, 5.41) is 4.54. The van der Waals surface area contributed by atoms with Crippen molar-refractivity contribution in [2.24, 2.45) is 12.9 Å². The van der Waals surface area contributed by atoms with Crippen LogP contribution in [-0.2, 0) is 19.9 Å². The number of nitrogens with zero attached hydrogens (tertiary/aromatic N) is 2. The summed E-state index contributed by atoms with van der Waals surface area (Å²) in [6.07, 6.45) is 1.67. The molecule has 1 heterocycles. The Kier molecular flexibility index (Phi) is 5.60. The molecule has 0 aliphatic rings. The van der Waals surface area contributed by atoms with E-state index in [1.54, 1.807) is 0 Å². The Labute approximate surface area is 142 Å². The van der Waals surface area contributed by atoms with Crippen molar-refractivity contribution in [1.29, 1.82) is 0 Å². The summed E-state index contributed by atoms with van der Waals surface area (Å²) in [6, 6.07) is 6.32. The Balaban J connectivity index is 2.36. The largest absolute Gasteiger partial charge is 0.271 e. The molecule has 0 spiro atoms. The summed E-state index contributed by atoms with van der Waals surface area (Å²) in [5.74, 6) is 5.80. The van der Waals surface area contributed by atoms with Gasteiger partial charge in [-0.3, -0.25) is 16.0 Å². The lowest BCUT2D eigenvalue weighted by atomic mass is 10.0. The van der Waals surface area contributed by atoms with Crippen LogP contribution in [-0.4, -0.2) is 9.78 Å². The van der Waals surface area contributed by atoms with Crippen molar-refractivity contribution in [1.82, 2.24) is 15.2 Å². The van der Waals surface area contributed by atoms with Crippen LogP contribution in [0.4, 0.5) is 0 Å². The smallest absolute Gasteiger partial charge is 0.0766 e. The second-order valence-corrected chi connectivity index (χ2v) is 6.78. The number of benzene rings is 1. The first-order valence-electron chi connectivity index (χ1n) is 6.90. The molecule has 0 aliphatic carbocycles. The molecule has 2 rings (SSSR count). The minimum Gasteiger partial charge on any atom is -0.271 e. The van der Waals surface area contributed by atoms with Crippen molar-refractivity contribution in [3.8, 4) is 0 Å². The standard InChI is InChI=1S/C15H20Br2N4/c1-4-12-15(17)14(21(3)20-12)8-13(19-18)10-7-9(2)5-6-11(10)16/h5-7,13,19H,4,8,18H2,1-3H3. The first kappa shape index (κ1) is 16.7. The molecule has 21 heavy (non-hydrogen) atoms. The van der Waals surface area contributed by atoms with Crippen LogP contribution < -0.4 is 11.3 Å². The first-order chi connectivity index (χ1) is 9.97. The minimum atomic E-state index is 0.0238. The minimum absolute atomic E-state index is 0.0238. The number of hydrazine groups is 1. The van der Waals surface area contributed by atoms with E-state index in [0.717, 1.165) is 38.7 Å². The Morgan fingerprint density at radius 2 is 2.10 bits per heavy atom. The highest BCUT2D eigenvalue weighted by molar-refractivity contribution is 9.10. The Morgan fingerprint density at radius 1 is 1.38 bits per heavy atom. The van der Waals surface area contributed by atoms with Gasteiger partial charge in [-0.25, -0.2) is 0 Å². The van der Waals surface area contributed by atoms with Gasteiger partial charge in [-0.2, -0.15) is 5.10 Å². The molecular weight excluding hydrogens is 396 g/mol. The van der Waals surface area contributed by atoms with E-state index in [1.165, 1.54) is 5.56 Å². The molecule has 6 heteroatoms. The number of hydrogen-bond donors (Lipinski definition) is 2. The van der Waals surface area contributed by atoms with Crippen LogP contribution in [0.2, 0.25) is 0 Å². The molecule has 1 atom stereocenters. The number of rotatable bonds is 5. The predicted octanol–water partition coefficient (Wildman–Crippen LogP) is 3.56. The summed E-state index contributed by atoms with van der Waals surface area (Å²) >= 11 is 7.27. The van der Waals surface area contributed by atoms with Crippen molar-refractivity contribution in [2.75, 3.05) is 0 Å². The maximum absolute atomic E-state index is 5.80. The second-order valence-electron chi connectivity index (χ2n) is 5.13. The van der Waals surface area contributed by atoms with Crippen molar-refractivity contribution in [2.45, 2.75) is 32.7 Å². The van der Waals surface area contributed by atoms with E-state index in [1.807, 2.05) is 11.7 Å². The van der Waals surface area contributed by atoms with Crippen LogP contribution in [0, 0.1) is 6.92 Å². The molecule has 1 unspecified atom stereocenters. The first-order valence-corrected chi connectivity index (χ1v) is 8.48. The van der Waals surface area contributed by atoms with E-state index in [2.05, 4.69) is 74.4 Å². The molecule has 114 valence electrons. The van der Waals surface area contributed by atoms with Crippen molar-refractivity contribution in [3.05, 3.63) is 49.7 Å². The van der Waals surface area contributed by atoms with E-state index in [9.17, 15) is 0 Å². The number of aryl methyl sites for hydroxylation is 3. The molecule has 0 saturated carbocycles. The summed E-state index contributed by atoms with van der Waals surface area (Å²) in [7, 11) is 1.97. The maximum Gasteiger partial charge on any atom is 0.0766 e. The SMILES string of the molecule is CCc1nn(C)c(CC(NN)c2cc(C)ccc2Br)c1Br. The van der Waals surface area contributed by atoms with Crippen LogP contribution in [0.1, 0.15) is 35.5 Å². The van der Waals surface area contributed by atoms with Crippen LogP contribution in [0.15, 0.2) is 27.1 Å². The molecule has 0 amide bonds. The monoisotopic (exact) mass is 414 g/mol. The highest BCUT2D eigenvalue weighted by atomic mass is 79.9. The molecule has 0 aliphatic heterocycles. The Bertz CT molecular complexity index is 637.